The largest absolute Gasteiger partial charge is 0.508 e. The fourth-order valence-electron chi connectivity index (χ4n) is 2.09. The summed E-state index contributed by atoms with van der Waals surface area (Å²) in [4.78, 5) is 11.0. The molecule has 1 aromatic rings. The molecular weight excluding hydrogens is 246 g/mol. The van der Waals surface area contributed by atoms with Gasteiger partial charge in [-0.3, -0.25) is 4.79 Å². The van der Waals surface area contributed by atoms with E-state index in [1.807, 2.05) is 6.92 Å². The van der Waals surface area contributed by atoms with Crippen molar-refractivity contribution in [1.82, 2.24) is 0 Å². The fourth-order valence-corrected chi connectivity index (χ4v) is 2.09. The first-order valence-electron chi connectivity index (χ1n) is 6.29. The van der Waals surface area contributed by atoms with Crippen molar-refractivity contribution in [2.75, 3.05) is 0 Å². The van der Waals surface area contributed by atoms with Gasteiger partial charge in [-0.1, -0.05) is 13.3 Å². The summed E-state index contributed by atoms with van der Waals surface area (Å²) < 4.78 is 0. The van der Waals surface area contributed by atoms with Crippen LogP contribution in [-0.2, 0) is 11.2 Å². The number of carbonyl (C=O) groups is 1. The van der Waals surface area contributed by atoms with Gasteiger partial charge in [0.25, 0.3) is 0 Å². The molecule has 0 aliphatic carbocycles. The molecule has 0 heterocycles. The molecule has 5 nitrogen and oxygen atoms in total. The number of benzene rings is 1. The van der Waals surface area contributed by atoms with Crippen LogP contribution < -0.4 is 5.73 Å². The van der Waals surface area contributed by atoms with E-state index in [9.17, 15) is 15.0 Å². The van der Waals surface area contributed by atoms with Crippen LogP contribution in [0.5, 0.6) is 11.5 Å². The lowest BCUT2D eigenvalue weighted by Crippen LogP contribution is -2.46. The van der Waals surface area contributed by atoms with Crippen molar-refractivity contribution in [2.45, 2.75) is 38.6 Å². The van der Waals surface area contributed by atoms with Crippen LogP contribution in [0.25, 0.3) is 0 Å². The van der Waals surface area contributed by atoms with E-state index in [-0.39, 0.29) is 17.4 Å². The van der Waals surface area contributed by atoms with Gasteiger partial charge in [0, 0.05) is 0 Å². The molecular formula is C14H21NO4. The Hall–Kier alpha value is -1.75. The minimum Gasteiger partial charge on any atom is -0.508 e. The Bertz CT molecular complexity index is 457. The van der Waals surface area contributed by atoms with E-state index in [2.05, 4.69) is 0 Å². The highest BCUT2D eigenvalue weighted by atomic mass is 16.4. The van der Waals surface area contributed by atoms with Crippen molar-refractivity contribution in [3.63, 3.8) is 0 Å². The monoisotopic (exact) mass is 267 g/mol. The number of carboxylic acids is 1. The van der Waals surface area contributed by atoms with E-state index < -0.39 is 11.5 Å². The lowest BCUT2D eigenvalue weighted by atomic mass is 9.84. The summed E-state index contributed by atoms with van der Waals surface area (Å²) in [6.45, 7) is 3.43. The number of nitrogens with two attached hydrogens (primary N) is 1. The highest BCUT2D eigenvalue weighted by Crippen LogP contribution is 2.28. The molecule has 1 rings (SSSR count). The van der Waals surface area contributed by atoms with Gasteiger partial charge >= 0.3 is 5.97 Å². The van der Waals surface area contributed by atoms with Crippen molar-refractivity contribution in [1.29, 1.82) is 0 Å². The zero-order valence-corrected chi connectivity index (χ0v) is 11.3. The Balaban J connectivity index is 2.82. The van der Waals surface area contributed by atoms with E-state index >= 15 is 0 Å². The van der Waals surface area contributed by atoms with Gasteiger partial charge in [0.05, 0.1) is 0 Å². The molecule has 5 N–H and O–H groups in total. The average Bonchev–Trinajstić information content (AvgIpc) is 2.32. The first-order chi connectivity index (χ1) is 8.76. The standard InChI is InChI=1S/C14H21NO4/c1-3-9(8-14(2,15)13(18)19)6-10-7-11(16)4-5-12(10)17/h4-5,7,9,16-17H,3,6,8,15H2,1-2H3,(H,18,19). The van der Waals surface area contributed by atoms with Crippen molar-refractivity contribution in [3.8, 4) is 11.5 Å². The zero-order valence-electron chi connectivity index (χ0n) is 11.3. The molecule has 106 valence electrons. The van der Waals surface area contributed by atoms with Crippen LogP contribution in [0.1, 0.15) is 32.3 Å². The van der Waals surface area contributed by atoms with Crippen LogP contribution in [-0.4, -0.2) is 26.8 Å². The molecule has 0 fully saturated rings. The van der Waals surface area contributed by atoms with Gasteiger partial charge in [-0.2, -0.15) is 0 Å². The molecule has 0 saturated carbocycles. The van der Waals surface area contributed by atoms with Gasteiger partial charge in [-0.15, -0.1) is 0 Å². The van der Waals surface area contributed by atoms with Crippen molar-refractivity contribution < 1.29 is 20.1 Å². The Kier molecular flexibility index (Phi) is 4.78. The molecule has 0 amide bonds. The third kappa shape index (κ3) is 4.13. The third-order valence-corrected chi connectivity index (χ3v) is 3.35. The summed E-state index contributed by atoms with van der Waals surface area (Å²) in [5.41, 5.74) is 5.07. The second-order valence-corrected chi connectivity index (χ2v) is 5.22. The lowest BCUT2D eigenvalue weighted by Gasteiger charge is -2.25. The number of aliphatic carboxylic acids is 1. The van der Waals surface area contributed by atoms with Crippen LogP contribution >= 0.6 is 0 Å². The van der Waals surface area contributed by atoms with Crippen molar-refractivity contribution in [3.05, 3.63) is 23.8 Å². The summed E-state index contributed by atoms with van der Waals surface area (Å²) in [7, 11) is 0. The molecule has 5 heteroatoms. The maximum atomic E-state index is 11.0. The number of rotatable bonds is 6. The number of phenols is 2. The van der Waals surface area contributed by atoms with Gasteiger partial charge in [0.15, 0.2) is 0 Å². The Morgan fingerprint density at radius 2 is 2.05 bits per heavy atom. The number of phenolic OH excluding ortho intramolecular Hbond substituents is 2. The molecule has 1 aromatic carbocycles. The first-order valence-corrected chi connectivity index (χ1v) is 6.29. The Morgan fingerprint density at radius 1 is 1.42 bits per heavy atom. The Labute approximate surface area is 112 Å². The molecule has 0 aliphatic heterocycles. The molecule has 2 atom stereocenters. The predicted octanol–water partition coefficient (Wildman–Crippen LogP) is 1.86. The quantitative estimate of drug-likeness (QED) is 0.589. The van der Waals surface area contributed by atoms with Crippen LogP contribution in [0.4, 0.5) is 0 Å². The molecule has 0 saturated heterocycles. The van der Waals surface area contributed by atoms with E-state index in [0.717, 1.165) is 6.42 Å². The van der Waals surface area contributed by atoms with Crippen LogP contribution in [0.15, 0.2) is 18.2 Å². The molecule has 0 radical (unpaired) electrons. The second-order valence-electron chi connectivity index (χ2n) is 5.22. The van der Waals surface area contributed by atoms with Gasteiger partial charge < -0.3 is 21.1 Å². The maximum absolute atomic E-state index is 11.0. The topological polar surface area (TPSA) is 104 Å². The summed E-state index contributed by atoms with van der Waals surface area (Å²) >= 11 is 0. The Morgan fingerprint density at radius 3 is 2.58 bits per heavy atom. The van der Waals surface area contributed by atoms with Crippen LogP contribution in [0.3, 0.4) is 0 Å². The predicted molar refractivity (Wildman–Crippen MR) is 72.1 cm³/mol. The van der Waals surface area contributed by atoms with Crippen molar-refractivity contribution in [2.24, 2.45) is 11.7 Å². The maximum Gasteiger partial charge on any atom is 0.323 e. The van der Waals surface area contributed by atoms with Gasteiger partial charge in [-0.05, 0) is 49.4 Å². The smallest absolute Gasteiger partial charge is 0.323 e. The second kappa shape index (κ2) is 5.93. The minimum absolute atomic E-state index is 0.0267. The third-order valence-electron chi connectivity index (χ3n) is 3.35. The minimum atomic E-state index is -1.28. The average molecular weight is 267 g/mol. The fraction of sp³-hybridized carbons (Fsp3) is 0.500. The summed E-state index contributed by atoms with van der Waals surface area (Å²) in [5, 5.41) is 28.2. The SMILES string of the molecule is CCC(Cc1cc(O)ccc1O)CC(C)(N)C(=O)O. The highest BCUT2D eigenvalue weighted by molar-refractivity contribution is 5.77. The zero-order chi connectivity index (χ0) is 14.6. The van der Waals surface area contributed by atoms with Crippen LogP contribution in [0.2, 0.25) is 0 Å². The highest BCUT2D eigenvalue weighted by Gasteiger charge is 2.31. The van der Waals surface area contributed by atoms with E-state index in [1.54, 1.807) is 0 Å². The molecule has 0 bridgehead atoms. The molecule has 2 unspecified atom stereocenters. The van der Waals surface area contributed by atoms with Crippen molar-refractivity contribution >= 4 is 5.97 Å². The molecule has 0 aliphatic rings. The number of hydrogen-bond donors (Lipinski definition) is 4. The number of aromatic hydroxyl groups is 2. The molecule has 0 spiro atoms. The first kappa shape index (κ1) is 15.3. The summed E-state index contributed by atoms with van der Waals surface area (Å²) in [6, 6.07) is 4.33. The summed E-state index contributed by atoms with van der Waals surface area (Å²) in [6.07, 6.45) is 1.54. The van der Waals surface area contributed by atoms with Gasteiger partial charge in [0.1, 0.15) is 17.0 Å². The summed E-state index contributed by atoms with van der Waals surface area (Å²) in [5.74, 6) is -0.827. The van der Waals surface area contributed by atoms with Gasteiger partial charge in [0.2, 0.25) is 0 Å². The lowest BCUT2D eigenvalue weighted by molar-refractivity contribution is -0.143. The number of carboxylic acid groups (broad SMARTS) is 1. The normalized spacial score (nSPS) is 15.7. The van der Waals surface area contributed by atoms with Gasteiger partial charge in [-0.25, -0.2) is 0 Å². The molecule has 0 aromatic heterocycles. The van der Waals surface area contributed by atoms with E-state index in [1.165, 1.54) is 25.1 Å². The number of hydrogen-bond acceptors (Lipinski definition) is 4. The molecule has 19 heavy (non-hydrogen) atoms. The van der Waals surface area contributed by atoms with Crippen LogP contribution in [0, 0.1) is 5.92 Å². The van der Waals surface area contributed by atoms with E-state index in [0.29, 0.717) is 18.4 Å². The van der Waals surface area contributed by atoms with E-state index in [4.69, 9.17) is 10.8 Å².